The highest BCUT2D eigenvalue weighted by molar-refractivity contribution is 7.13. The number of carbonyl (C=O) groups is 1. The average molecular weight is 367 g/mol. The molecule has 1 saturated carbocycles. The van der Waals surface area contributed by atoms with Crippen molar-refractivity contribution < 1.29 is 4.79 Å². The van der Waals surface area contributed by atoms with Crippen LogP contribution in [0.2, 0.25) is 0 Å². The van der Waals surface area contributed by atoms with Crippen molar-refractivity contribution in [2.75, 3.05) is 11.9 Å². The standard InChI is InChI=1S/C19H21N5OS/c1-11(2)16-14-9-12(3)26-18(14)17(13-5-6-13)24(23-16)10-15(25)22-19-20-7-4-8-21-19/h4,7-9,11H,5-6,10H2,1-3H3,(H,20,21,22,25). The average Bonchev–Trinajstić information content (AvgIpc) is 3.35. The van der Waals surface area contributed by atoms with Gasteiger partial charge in [-0.1, -0.05) is 13.8 Å². The van der Waals surface area contributed by atoms with Crippen LogP contribution in [0.5, 0.6) is 0 Å². The van der Waals surface area contributed by atoms with E-state index < -0.39 is 0 Å². The molecular weight excluding hydrogens is 346 g/mol. The van der Waals surface area contributed by atoms with Crippen LogP contribution in [-0.4, -0.2) is 33.1 Å². The number of nitrogens with one attached hydrogen (secondary N) is 1. The highest BCUT2D eigenvalue weighted by atomic mass is 32.1. The van der Waals surface area contributed by atoms with Crippen molar-refractivity contribution in [3.63, 3.8) is 0 Å². The SMILES string of the molecule is Cc1cc2c(s1)C(=C1CC1)N(CC(=O)Nc1ncccn1)N=C2C(C)C. The summed E-state index contributed by atoms with van der Waals surface area (Å²) in [5.41, 5.74) is 4.76. The monoisotopic (exact) mass is 367 g/mol. The van der Waals surface area contributed by atoms with Crippen LogP contribution in [0.1, 0.15) is 42.0 Å². The quantitative estimate of drug-likeness (QED) is 0.895. The minimum absolute atomic E-state index is 0.156. The molecule has 2 aliphatic rings. The summed E-state index contributed by atoms with van der Waals surface area (Å²) in [6.07, 6.45) is 5.38. The van der Waals surface area contributed by atoms with Crippen molar-refractivity contribution in [2.24, 2.45) is 11.0 Å². The summed E-state index contributed by atoms with van der Waals surface area (Å²) in [6, 6.07) is 3.94. The lowest BCUT2D eigenvalue weighted by Gasteiger charge is -2.29. The summed E-state index contributed by atoms with van der Waals surface area (Å²) in [4.78, 5) is 23.2. The molecule has 26 heavy (non-hydrogen) atoms. The van der Waals surface area contributed by atoms with Crippen LogP contribution < -0.4 is 5.32 Å². The minimum Gasteiger partial charge on any atom is -0.293 e. The molecule has 6 nitrogen and oxygen atoms in total. The van der Waals surface area contributed by atoms with Crippen molar-refractivity contribution in [3.05, 3.63) is 45.4 Å². The molecule has 7 heteroatoms. The Hall–Kier alpha value is -2.54. The number of rotatable bonds is 4. The third-order valence-electron chi connectivity index (χ3n) is 4.33. The molecule has 1 aliphatic carbocycles. The molecule has 2 aromatic rings. The second-order valence-corrected chi connectivity index (χ2v) is 8.13. The van der Waals surface area contributed by atoms with Crippen molar-refractivity contribution in [2.45, 2.75) is 33.6 Å². The number of hydrogen-bond donors (Lipinski definition) is 1. The van der Waals surface area contributed by atoms with Gasteiger partial charge >= 0.3 is 0 Å². The summed E-state index contributed by atoms with van der Waals surface area (Å²) in [6.45, 7) is 6.56. The molecule has 0 aromatic carbocycles. The van der Waals surface area contributed by atoms with E-state index in [9.17, 15) is 4.79 Å². The molecule has 0 saturated heterocycles. The van der Waals surface area contributed by atoms with Crippen LogP contribution in [-0.2, 0) is 4.79 Å². The lowest BCUT2D eigenvalue weighted by Crippen LogP contribution is -2.33. The van der Waals surface area contributed by atoms with Crippen LogP contribution in [0.4, 0.5) is 5.95 Å². The molecule has 0 radical (unpaired) electrons. The van der Waals surface area contributed by atoms with Crippen molar-refractivity contribution in [1.29, 1.82) is 0 Å². The Morgan fingerprint density at radius 2 is 2.04 bits per heavy atom. The number of hydrogen-bond acceptors (Lipinski definition) is 6. The fourth-order valence-electron chi connectivity index (χ4n) is 3.08. The first kappa shape index (κ1) is 16.9. The van der Waals surface area contributed by atoms with E-state index in [1.54, 1.807) is 29.8 Å². The molecule has 134 valence electrons. The number of carbonyl (C=O) groups excluding carboxylic acids is 1. The smallest absolute Gasteiger partial charge is 0.248 e. The largest absolute Gasteiger partial charge is 0.293 e. The van der Waals surface area contributed by atoms with Crippen molar-refractivity contribution in [3.8, 4) is 0 Å². The van der Waals surface area contributed by atoms with Crippen LogP contribution in [0.15, 0.2) is 35.2 Å². The maximum Gasteiger partial charge on any atom is 0.248 e. The van der Waals surface area contributed by atoms with Gasteiger partial charge in [-0.05, 0) is 43.4 Å². The molecule has 2 aromatic heterocycles. The summed E-state index contributed by atoms with van der Waals surface area (Å²) < 4.78 is 0. The lowest BCUT2D eigenvalue weighted by molar-refractivity contribution is -0.116. The van der Waals surface area contributed by atoms with Gasteiger partial charge in [-0.2, -0.15) is 5.10 Å². The van der Waals surface area contributed by atoms with Gasteiger partial charge in [-0.15, -0.1) is 11.3 Å². The van der Waals surface area contributed by atoms with Crippen LogP contribution in [0, 0.1) is 12.8 Å². The molecule has 0 atom stereocenters. The third kappa shape index (κ3) is 3.26. The van der Waals surface area contributed by atoms with E-state index in [4.69, 9.17) is 5.10 Å². The van der Waals surface area contributed by atoms with Crippen molar-refractivity contribution in [1.82, 2.24) is 15.0 Å². The number of aryl methyl sites for hydroxylation is 1. The molecule has 0 unspecified atom stereocenters. The fourth-order valence-corrected chi connectivity index (χ4v) is 4.20. The summed E-state index contributed by atoms with van der Waals surface area (Å²) in [5, 5.41) is 9.48. The normalized spacial score (nSPS) is 15.8. The van der Waals surface area contributed by atoms with Gasteiger partial charge in [0.15, 0.2) is 0 Å². The maximum atomic E-state index is 12.5. The zero-order chi connectivity index (χ0) is 18.3. The Bertz CT molecular complexity index is 907. The maximum absolute atomic E-state index is 12.5. The van der Waals surface area contributed by atoms with Gasteiger partial charge < -0.3 is 0 Å². The van der Waals surface area contributed by atoms with Crippen LogP contribution in [0.3, 0.4) is 0 Å². The van der Waals surface area contributed by atoms with Crippen molar-refractivity contribution >= 4 is 34.6 Å². The van der Waals surface area contributed by atoms with E-state index >= 15 is 0 Å². The summed E-state index contributed by atoms with van der Waals surface area (Å²) >= 11 is 1.79. The Kier molecular flexibility index (Phi) is 4.32. The number of anilines is 1. The molecule has 1 N–H and O–H groups in total. The molecule has 1 fully saturated rings. The van der Waals surface area contributed by atoms with Gasteiger partial charge in [0.2, 0.25) is 11.9 Å². The molecule has 4 rings (SSSR count). The third-order valence-corrected chi connectivity index (χ3v) is 5.38. The number of nitrogens with zero attached hydrogens (tertiary/aromatic N) is 4. The second kappa shape index (κ2) is 6.64. The molecule has 0 spiro atoms. The Balaban J connectivity index is 1.65. The predicted molar refractivity (Wildman–Crippen MR) is 104 cm³/mol. The topological polar surface area (TPSA) is 70.5 Å². The van der Waals surface area contributed by atoms with Crippen LogP contribution >= 0.6 is 11.3 Å². The molecule has 1 amide bonds. The van der Waals surface area contributed by atoms with E-state index in [0.717, 1.165) is 24.3 Å². The van der Waals surface area contributed by atoms with E-state index in [-0.39, 0.29) is 18.4 Å². The molecule has 0 bridgehead atoms. The summed E-state index contributed by atoms with van der Waals surface area (Å²) in [7, 11) is 0. The highest BCUT2D eigenvalue weighted by Gasteiger charge is 2.33. The first-order valence-corrected chi connectivity index (χ1v) is 9.60. The van der Waals surface area contributed by atoms with E-state index in [2.05, 4.69) is 42.1 Å². The van der Waals surface area contributed by atoms with Gasteiger partial charge in [0.1, 0.15) is 6.54 Å². The number of fused-ring (bicyclic) bond motifs is 1. The Morgan fingerprint density at radius 3 is 2.69 bits per heavy atom. The first-order valence-electron chi connectivity index (χ1n) is 8.79. The Labute approximate surface area is 156 Å². The summed E-state index contributed by atoms with van der Waals surface area (Å²) in [5.74, 6) is 0.436. The van der Waals surface area contributed by atoms with E-state index in [1.165, 1.54) is 20.9 Å². The molecular formula is C19H21N5OS. The number of aromatic nitrogens is 2. The number of thiophene rings is 1. The van der Waals surface area contributed by atoms with Gasteiger partial charge in [0, 0.05) is 22.8 Å². The van der Waals surface area contributed by atoms with E-state index in [0.29, 0.717) is 5.95 Å². The predicted octanol–water partition coefficient (Wildman–Crippen LogP) is 3.67. The van der Waals surface area contributed by atoms with Crippen LogP contribution in [0.25, 0.3) is 5.70 Å². The van der Waals surface area contributed by atoms with Gasteiger partial charge in [0.25, 0.3) is 0 Å². The lowest BCUT2D eigenvalue weighted by atomic mass is 9.97. The first-order chi connectivity index (χ1) is 12.5. The fraction of sp³-hybridized carbons (Fsp3) is 0.368. The Morgan fingerprint density at radius 1 is 1.31 bits per heavy atom. The number of allylic oxidation sites excluding steroid dienone is 1. The van der Waals surface area contributed by atoms with Gasteiger partial charge in [0.05, 0.1) is 16.3 Å². The van der Waals surface area contributed by atoms with Gasteiger partial charge in [-0.3, -0.25) is 15.1 Å². The number of amides is 1. The van der Waals surface area contributed by atoms with E-state index in [1.807, 2.05) is 5.01 Å². The highest BCUT2D eigenvalue weighted by Crippen LogP contribution is 2.45. The second-order valence-electron chi connectivity index (χ2n) is 6.87. The molecule has 3 heterocycles. The minimum atomic E-state index is -0.168. The van der Waals surface area contributed by atoms with Gasteiger partial charge in [-0.25, -0.2) is 9.97 Å². The zero-order valence-corrected chi connectivity index (χ0v) is 15.9. The molecule has 1 aliphatic heterocycles. The zero-order valence-electron chi connectivity index (χ0n) is 15.1. The number of hydrazone groups is 1.